The van der Waals surface area contributed by atoms with Crippen molar-refractivity contribution in [1.29, 1.82) is 0 Å². The van der Waals surface area contributed by atoms with Crippen LogP contribution < -0.4 is 15.8 Å². The van der Waals surface area contributed by atoms with Crippen molar-refractivity contribution in [2.75, 3.05) is 5.32 Å². The van der Waals surface area contributed by atoms with Crippen LogP contribution in [0, 0.1) is 0 Å². The number of nitrogens with one attached hydrogen (secondary N) is 2. The Morgan fingerprint density at radius 2 is 1.95 bits per heavy atom. The Morgan fingerprint density at radius 1 is 1.38 bits per heavy atom. The van der Waals surface area contributed by atoms with Gasteiger partial charge < -0.3 is 15.7 Å². The van der Waals surface area contributed by atoms with Gasteiger partial charge in [0.15, 0.2) is 5.75 Å². The summed E-state index contributed by atoms with van der Waals surface area (Å²) in [6, 6.07) is 1.95. The first kappa shape index (κ1) is 17.5. The van der Waals surface area contributed by atoms with Crippen molar-refractivity contribution in [2.24, 2.45) is 5.14 Å². The molecule has 0 atom stereocenters. The van der Waals surface area contributed by atoms with E-state index in [0.717, 1.165) is 12.8 Å². The summed E-state index contributed by atoms with van der Waals surface area (Å²) in [7, 11) is -4.21. The van der Waals surface area contributed by atoms with Crippen LogP contribution in [-0.4, -0.2) is 25.6 Å². The van der Waals surface area contributed by atoms with E-state index in [4.69, 9.17) is 16.7 Å². The monoisotopic (exact) mass is 335 g/mol. The Hall–Kier alpha value is -1.51. The Balaban J connectivity index is 3.03. The van der Waals surface area contributed by atoms with E-state index in [1.165, 1.54) is 12.1 Å². The van der Waals surface area contributed by atoms with Gasteiger partial charge in [0.1, 0.15) is 4.90 Å². The molecule has 2 amide bonds. The lowest BCUT2D eigenvalue weighted by atomic mass is 10.2. The molecule has 21 heavy (non-hydrogen) atoms. The maximum atomic E-state index is 11.8. The molecule has 0 bridgehead atoms. The van der Waals surface area contributed by atoms with Crippen molar-refractivity contribution in [3.8, 4) is 5.75 Å². The lowest BCUT2D eigenvalue weighted by Gasteiger charge is -2.16. The molecule has 118 valence electrons. The average molecular weight is 336 g/mol. The van der Waals surface area contributed by atoms with Crippen LogP contribution in [0.15, 0.2) is 17.0 Å². The molecule has 5 N–H and O–H groups in total. The standard InChI is InChI=1S/C12H18ClN3O4S/c1-3-7(4-2)15-12(18)16-9-6-5-8(13)11(10(9)17)21(14,19)20/h5-7,17H,3-4H2,1-2H3,(H2,14,19,20)(H2,15,16,18). The topological polar surface area (TPSA) is 122 Å². The third-order valence-corrected chi connectivity index (χ3v) is 4.35. The second-order valence-corrected chi connectivity index (χ2v) is 6.34. The third-order valence-electron chi connectivity index (χ3n) is 2.94. The number of carbonyl (C=O) groups is 1. The van der Waals surface area contributed by atoms with Crippen molar-refractivity contribution in [1.82, 2.24) is 5.32 Å². The first-order valence-electron chi connectivity index (χ1n) is 6.32. The van der Waals surface area contributed by atoms with E-state index in [9.17, 15) is 18.3 Å². The van der Waals surface area contributed by atoms with E-state index in [-0.39, 0.29) is 16.8 Å². The van der Waals surface area contributed by atoms with Gasteiger partial charge in [-0.1, -0.05) is 25.4 Å². The van der Waals surface area contributed by atoms with Gasteiger partial charge in [-0.15, -0.1) is 0 Å². The number of aromatic hydroxyl groups is 1. The van der Waals surface area contributed by atoms with Gasteiger partial charge >= 0.3 is 6.03 Å². The van der Waals surface area contributed by atoms with Crippen LogP contribution in [0.1, 0.15) is 26.7 Å². The summed E-state index contributed by atoms with van der Waals surface area (Å²) < 4.78 is 22.8. The van der Waals surface area contributed by atoms with Crippen LogP contribution in [0.5, 0.6) is 5.75 Å². The fourth-order valence-electron chi connectivity index (χ4n) is 1.75. The molecule has 0 aliphatic heterocycles. The minimum absolute atomic E-state index is 0.0165. The van der Waals surface area contributed by atoms with Gasteiger partial charge in [0.2, 0.25) is 10.0 Å². The Bertz CT molecular complexity index is 630. The third kappa shape index (κ3) is 4.48. The van der Waals surface area contributed by atoms with E-state index in [1.807, 2.05) is 13.8 Å². The fraction of sp³-hybridized carbons (Fsp3) is 0.417. The van der Waals surface area contributed by atoms with E-state index in [2.05, 4.69) is 10.6 Å². The van der Waals surface area contributed by atoms with Crippen molar-refractivity contribution < 1.29 is 18.3 Å². The highest BCUT2D eigenvalue weighted by Crippen LogP contribution is 2.35. The molecule has 0 fully saturated rings. The quantitative estimate of drug-likeness (QED) is 0.615. The summed E-state index contributed by atoms with van der Waals surface area (Å²) >= 11 is 5.70. The summed E-state index contributed by atoms with van der Waals surface area (Å²) in [6.45, 7) is 3.85. The first-order chi connectivity index (χ1) is 9.70. The normalized spacial score (nSPS) is 11.5. The minimum Gasteiger partial charge on any atom is -0.504 e. The number of amides is 2. The van der Waals surface area contributed by atoms with E-state index >= 15 is 0 Å². The number of phenols is 1. The smallest absolute Gasteiger partial charge is 0.319 e. The minimum atomic E-state index is -4.21. The SMILES string of the molecule is CCC(CC)NC(=O)Nc1ccc(Cl)c(S(N)(=O)=O)c1O. The average Bonchev–Trinajstić information content (AvgIpc) is 2.38. The van der Waals surface area contributed by atoms with E-state index in [0.29, 0.717) is 0 Å². The highest BCUT2D eigenvalue weighted by atomic mass is 35.5. The zero-order chi connectivity index (χ0) is 16.2. The van der Waals surface area contributed by atoms with Crippen molar-refractivity contribution in [2.45, 2.75) is 37.6 Å². The first-order valence-corrected chi connectivity index (χ1v) is 8.24. The molecule has 0 saturated heterocycles. The van der Waals surface area contributed by atoms with Gasteiger partial charge in [-0.25, -0.2) is 18.4 Å². The van der Waals surface area contributed by atoms with E-state index in [1.54, 1.807) is 0 Å². The predicted octanol–water partition coefficient (Wildman–Crippen LogP) is 2.00. The number of carbonyl (C=O) groups excluding carboxylic acids is 1. The molecule has 0 aliphatic rings. The number of anilines is 1. The van der Waals surface area contributed by atoms with Crippen molar-refractivity contribution in [3.05, 3.63) is 17.2 Å². The number of hydrogen-bond acceptors (Lipinski definition) is 4. The molecule has 1 aromatic rings. The number of primary sulfonamides is 1. The van der Waals surface area contributed by atoms with Crippen LogP contribution in [0.4, 0.5) is 10.5 Å². The number of urea groups is 1. The number of hydrogen-bond donors (Lipinski definition) is 4. The molecule has 0 heterocycles. The Kier molecular flexibility index (Phi) is 5.82. The summed E-state index contributed by atoms with van der Waals surface area (Å²) in [6.07, 6.45) is 1.50. The summed E-state index contributed by atoms with van der Waals surface area (Å²) in [5.74, 6) is -0.690. The highest BCUT2D eigenvalue weighted by molar-refractivity contribution is 7.89. The maximum absolute atomic E-state index is 11.8. The Morgan fingerprint density at radius 3 is 2.43 bits per heavy atom. The summed E-state index contributed by atoms with van der Waals surface area (Å²) in [5.41, 5.74) is -0.0909. The Labute approximate surface area is 128 Å². The van der Waals surface area contributed by atoms with Gasteiger partial charge in [0.05, 0.1) is 10.7 Å². The molecule has 9 heteroatoms. The predicted molar refractivity (Wildman–Crippen MR) is 81.0 cm³/mol. The van der Waals surface area contributed by atoms with Gasteiger partial charge in [-0.3, -0.25) is 0 Å². The fourth-order valence-corrected chi connectivity index (χ4v) is 2.95. The molecular formula is C12H18ClN3O4S. The molecule has 0 aromatic heterocycles. The molecular weight excluding hydrogens is 318 g/mol. The van der Waals surface area contributed by atoms with E-state index < -0.39 is 26.7 Å². The lowest BCUT2D eigenvalue weighted by molar-refractivity contribution is 0.247. The van der Waals surface area contributed by atoms with Crippen LogP contribution in [-0.2, 0) is 10.0 Å². The van der Waals surface area contributed by atoms with Crippen molar-refractivity contribution >= 4 is 33.3 Å². The van der Waals surface area contributed by atoms with Crippen LogP contribution in [0.25, 0.3) is 0 Å². The number of benzene rings is 1. The maximum Gasteiger partial charge on any atom is 0.319 e. The molecule has 7 nitrogen and oxygen atoms in total. The van der Waals surface area contributed by atoms with Gasteiger partial charge in [-0.2, -0.15) is 0 Å². The summed E-state index contributed by atoms with van der Waals surface area (Å²) in [4.78, 5) is 11.2. The van der Waals surface area contributed by atoms with Gasteiger partial charge in [-0.05, 0) is 25.0 Å². The molecule has 0 radical (unpaired) electrons. The number of phenolic OH excluding ortho intramolecular Hbond substituents is 1. The molecule has 0 saturated carbocycles. The number of rotatable bonds is 5. The summed E-state index contributed by atoms with van der Waals surface area (Å²) in [5, 5.41) is 19.7. The molecule has 1 rings (SSSR count). The van der Waals surface area contributed by atoms with Crippen LogP contribution >= 0.6 is 11.6 Å². The second kappa shape index (κ2) is 6.97. The highest BCUT2D eigenvalue weighted by Gasteiger charge is 2.22. The number of sulfonamides is 1. The van der Waals surface area contributed by atoms with Crippen LogP contribution in [0.3, 0.4) is 0 Å². The zero-order valence-electron chi connectivity index (χ0n) is 11.7. The second-order valence-electron chi connectivity index (χ2n) is 4.43. The molecule has 1 aromatic carbocycles. The van der Waals surface area contributed by atoms with Gasteiger partial charge in [0, 0.05) is 6.04 Å². The molecule has 0 aliphatic carbocycles. The van der Waals surface area contributed by atoms with Gasteiger partial charge in [0.25, 0.3) is 0 Å². The number of halogens is 1. The van der Waals surface area contributed by atoms with Crippen molar-refractivity contribution in [3.63, 3.8) is 0 Å². The molecule has 0 spiro atoms. The zero-order valence-corrected chi connectivity index (χ0v) is 13.3. The lowest BCUT2D eigenvalue weighted by Crippen LogP contribution is -2.37. The largest absolute Gasteiger partial charge is 0.504 e. The van der Waals surface area contributed by atoms with Crippen LogP contribution in [0.2, 0.25) is 5.02 Å². The molecule has 0 unspecified atom stereocenters. The number of nitrogens with two attached hydrogens (primary N) is 1.